The topological polar surface area (TPSA) is 54.1 Å². The Morgan fingerprint density at radius 1 is 1.32 bits per heavy atom. The fourth-order valence-corrected chi connectivity index (χ4v) is 1.75. The third-order valence-electron chi connectivity index (χ3n) is 2.80. The van der Waals surface area contributed by atoms with Crippen LogP contribution in [0.5, 0.6) is 5.75 Å². The number of aromatic amines is 1. The number of H-pyrrole nitrogens is 1. The molecule has 0 fully saturated rings. The van der Waals surface area contributed by atoms with Gasteiger partial charge in [0.25, 0.3) is 5.91 Å². The van der Waals surface area contributed by atoms with Gasteiger partial charge in [0.1, 0.15) is 18.1 Å². The summed E-state index contributed by atoms with van der Waals surface area (Å²) in [5.41, 5.74) is 1.65. The van der Waals surface area contributed by atoms with Crippen molar-refractivity contribution in [1.82, 2.24) is 10.3 Å². The number of carbonyl (C=O) groups is 1. The Bertz CT molecular complexity index is 535. The van der Waals surface area contributed by atoms with Crippen LogP contribution in [-0.2, 0) is 0 Å². The first-order valence-corrected chi connectivity index (χ1v) is 6.29. The first kappa shape index (κ1) is 13.2. The van der Waals surface area contributed by atoms with Crippen LogP contribution < -0.4 is 10.1 Å². The average molecular weight is 258 g/mol. The number of para-hydroxylation sites is 1. The number of nitrogens with one attached hydrogen (secondary N) is 2. The van der Waals surface area contributed by atoms with Crippen molar-refractivity contribution in [2.75, 3.05) is 6.61 Å². The van der Waals surface area contributed by atoms with Gasteiger partial charge >= 0.3 is 0 Å². The number of ether oxygens (including phenoxy) is 1. The quantitative estimate of drug-likeness (QED) is 0.865. The lowest BCUT2D eigenvalue weighted by Crippen LogP contribution is -2.37. The number of aryl methyl sites for hydroxylation is 1. The Balaban J connectivity index is 1.84. The Kier molecular flexibility index (Phi) is 4.23. The van der Waals surface area contributed by atoms with Gasteiger partial charge in [0.05, 0.1) is 6.04 Å². The van der Waals surface area contributed by atoms with Gasteiger partial charge in [0.2, 0.25) is 0 Å². The van der Waals surface area contributed by atoms with Crippen molar-refractivity contribution in [3.63, 3.8) is 0 Å². The minimum Gasteiger partial charge on any atom is -0.491 e. The van der Waals surface area contributed by atoms with Crippen molar-refractivity contribution < 1.29 is 9.53 Å². The van der Waals surface area contributed by atoms with Gasteiger partial charge in [-0.1, -0.05) is 18.2 Å². The second kappa shape index (κ2) is 6.09. The summed E-state index contributed by atoms with van der Waals surface area (Å²) < 4.78 is 5.69. The Labute approximate surface area is 112 Å². The van der Waals surface area contributed by atoms with Gasteiger partial charge < -0.3 is 15.0 Å². The lowest BCUT2D eigenvalue weighted by Gasteiger charge is -2.15. The van der Waals surface area contributed by atoms with E-state index in [-0.39, 0.29) is 11.9 Å². The molecule has 100 valence electrons. The predicted octanol–water partition coefficient (Wildman–Crippen LogP) is 2.52. The van der Waals surface area contributed by atoms with Crippen molar-refractivity contribution in [2.24, 2.45) is 0 Å². The van der Waals surface area contributed by atoms with E-state index in [9.17, 15) is 4.79 Å². The van der Waals surface area contributed by atoms with Gasteiger partial charge in [-0.3, -0.25) is 4.79 Å². The highest BCUT2D eigenvalue weighted by atomic mass is 16.5. The molecule has 19 heavy (non-hydrogen) atoms. The summed E-state index contributed by atoms with van der Waals surface area (Å²) in [4.78, 5) is 14.7. The lowest BCUT2D eigenvalue weighted by molar-refractivity contribution is 0.0922. The molecule has 4 nitrogen and oxygen atoms in total. The lowest BCUT2D eigenvalue weighted by atomic mass is 10.2. The standard InChI is InChI=1S/C15H18N2O2/c1-11-6-3-4-8-14(11)19-10-12(2)17-15(18)13-7-5-9-16-13/h3-9,12,16H,10H2,1-2H3,(H,17,18)/t12-/m1/s1. The molecule has 0 spiro atoms. The summed E-state index contributed by atoms with van der Waals surface area (Å²) in [7, 11) is 0. The fraction of sp³-hybridized carbons (Fsp3) is 0.267. The molecule has 0 aliphatic rings. The molecule has 2 rings (SSSR count). The van der Waals surface area contributed by atoms with Crippen LogP contribution in [0.4, 0.5) is 0 Å². The zero-order chi connectivity index (χ0) is 13.7. The summed E-state index contributed by atoms with van der Waals surface area (Å²) in [6.07, 6.45) is 1.73. The van der Waals surface area contributed by atoms with E-state index >= 15 is 0 Å². The van der Waals surface area contributed by atoms with Crippen molar-refractivity contribution >= 4 is 5.91 Å². The normalized spacial score (nSPS) is 11.9. The Hall–Kier alpha value is -2.23. The summed E-state index contributed by atoms with van der Waals surface area (Å²) in [5.74, 6) is 0.731. The molecule has 0 aliphatic carbocycles. The Morgan fingerprint density at radius 2 is 2.11 bits per heavy atom. The largest absolute Gasteiger partial charge is 0.491 e. The average Bonchev–Trinajstić information content (AvgIpc) is 2.91. The van der Waals surface area contributed by atoms with E-state index in [1.54, 1.807) is 18.3 Å². The smallest absolute Gasteiger partial charge is 0.268 e. The van der Waals surface area contributed by atoms with Crippen LogP contribution in [0.2, 0.25) is 0 Å². The highest BCUT2D eigenvalue weighted by molar-refractivity contribution is 5.92. The molecule has 0 saturated heterocycles. The first-order chi connectivity index (χ1) is 9.16. The van der Waals surface area contributed by atoms with Crippen LogP contribution in [0.1, 0.15) is 23.0 Å². The minimum absolute atomic E-state index is 0.0598. The van der Waals surface area contributed by atoms with E-state index in [1.807, 2.05) is 38.1 Å². The monoisotopic (exact) mass is 258 g/mol. The number of hydrogen-bond donors (Lipinski definition) is 2. The van der Waals surface area contributed by atoms with Gasteiger partial charge in [0, 0.05) is 6.20 Å². The number of benzene rings is 1. The SMILES string of the molecule is Cc1ccccc1OC[C@@H](C)NC(=O)c1ccc[nH]1. The molecule has 0 radical (unpaired) electrons. The van der Waals surface area contributed by atoms with E-state index in [1.165, 1.54) is 0 Å². The molecule has 0 unspecified atom stereocenters. The number of hydrogen-bond acceptors (Lipinski definition) is 2. The van der Waals surface area contributed by atoms with Crippen LogP contribution >= 0.6 is 0 Å². The molecule has 1 aromatic heterocycles. The highest BCUT2D eigenvalue weighted by Gasteiger charge is 2.11. The molecule has 0 bridgehead atoms. The van der Waals surface area contributed by atoms with Crippen molar-refractivity contribution in [3.05, 3.63) is 53.9 Å². The van der Waals surface area contributed by atoms with Crippen LogP contribution in [-0.4, -0.2) is 23.5 Å². The number of rotatable bonds is 5. The maximum Gasteiger partial charge on any atom is 0.268 e. The fourth-order valence-electron chi connectivity index (χ4n) is 1.75. The number of aromatic nitrogens is 1. The summed E-state index contributed by atoms with van der Waals surface area (Å²) in [5, 5.41) is 2.88. The minimum atomic E-state index is -0.120. The summed E-state index contributed by atoms with van der Waals surface area (Å²) in [6, 6.07) is 11.3. The summed E-state index contributed by atoms with van der Waals surface area (Å²) in [6.45, 7) is 4.36. The predicted molar refractivity (Wildman–Crippen MR) is 74.4 cm³/mol. The van der Waals surface area contributed by atoms with Gasteiger partial charge in [-0.05, 0) is 37.6 Å². The van der Waals surface area contributed by atoms with Crippen molar-refractivity contribution in [2.45, 2.75) is 19.9 Å². The van der Waals surface area contributed by atoms with Gasteiger partial charge in [0.15, 0.2) is 0 Å². The van der Waals surface area contributed by atoms with Crippen LogP contribution in [0.3, 0.4) is 0 Å². The molecule has 2 N–H and O–H groups in total. The number of amides is 1. The van der Waals surface area contributed by atoms with Crippen molar-refractivity contribution in [1.29, 1.82) is 0 Å². The molecule has 1 atom stereocenters. The van der Waals surface area contributed by atoms with E-state index in [0.29, 0.717) is 12.3 Å². The maximum absolute atomic E-state index is 11.8. The zero-order valence-corrected chi connectivity index (χ0v) is 11.1. The second-order valence-electron chi connectivity index (χ2n) is 4.53. The number of carbonyl (C=O) groups excluding carboxylic acids is 1. The van der Waals surface area contributed by atoms with E-state index < -0.39 is 0 Å². The van der Waals surface area contributed by atoms with E-state index in [4.69, 9.17) is 4.74 Å². The molecule has 1 amide bonds. The zero-order valence-electron chi connectivity index (χ0n) is 11.1. The highest BCUT2D eigenvalue weighted by Crippen LogP contribution is 2.16. The molecule has 4 heteroatoms. The first-order valence-electron chi connectivity index (χ1n) is 6.29. The van der Waals surface area contributed by atoms with Gasteiger partial charge in [-0.25, -0.2) is 0 Å². The summed E-state index contributed by atoms with van der Waals surface area (Å²) >= 11 is 0. The van der Waals surface area contributed by atoms with Crippen molar-refractivity contribution in [3.8, 4) is 5.75 Å². The molecular weight excluding hydrogens is 240 g/mol. The van der Waals surface area contributed by atoms with E-state index in [2.05, 4.69) is 10.3 Å². The van der Waals surface area contributed by atoms with Crippen LogP contribution in [0.25, 0.3) is 0 Å². The van der Waals surface area contributed by atoms with Gasteiger partial charge in [-0.2, -0.15) is 0 Å². The molecule has 0 aliphatic heterocycles. The van der Waals surface area contributed by atoms with Gasteiger partial charge in [-0.15, -0.1) is 0 Å². The van der Waals surface area contributed by atoms with E-state index in [0.717, 1.165) is 11.3 Å². The van der Waals surface area contributed by atoms with Crippen LogP contribution in [0.15, 0.2) is 42.6 Å². The molecule has 2 aromatic rings. The Morgan fingerprint density at radius 3 is 2.79 bits per heavy atom. The molecule has 1 aromatic carbocycles. The maximum atomic E-state index is 11.8. The second-order valence-corrected chi connectivity index (χ2v) is 4.53. The third kappa shape index (κ3) is 3.61. The molecular formula is C15H18N2O2. The third-order valence-corrected chi connectivity index (χ3v) is 2.80. The molecule has 0 saturated carbocycles. The van der Waals surface area contributed by atoms with Crippen LogP contribution in [0, 0.1) is 6.92 Å². The molecule has 1 heterocycles.